The van der Waals surface area contributed by atoms with Gasteiger partial charge in [-0.1, -0.05) is 13.0 Å². The van der Waals surface area contributed by atoms with Gasteiger partial charge in [-0.25, -0.2) is 12.8 Å². The molecular weight excluding hydrogens is 423 g/mol. The molecule has 0 unspecified atom stereocenters. The van der Waals surface area contributed by atoms with Crippen LogP contribution in [0.4, 0.5) is 10.1 Å². The Kier molecular flexibility index (Phi) is 8.11. The first-order valence-corrected chi connectivity index (χ1v) is 12.0. The topological polar surface area (TPSA) is 77.1 Å². The number of sulfonamides is 1. The van der Waals surface area contributed by atoms with Gasteiger partial charge in [0.15, 0.2) is 23.1 Å². The van der Waals surface area contributed by atoms with Crippen molar-refractivity contribution in [1.29, 1.82) is 0 Å². The molecule has 0 radical (unpaired) electrons. The number of ether oxygens (including phenoxy) is 3. The third kappa shape index (κ3) is 6.81. The van der Waals surface area contributed by atoms with Crippen LogP contribution in [0.15, 0.2) is 36.4 Å². The van der Waals surface area contributed by atoms with Crippen LogP contribution in [-0.2, 0) is 21.2 Å². The summed E-state index contributed by atoms with van der Waals surface area (Å²) >= 11 is 0. The van der Waals surface area contributed by atoms with E-state index in [2.05, 4.69) is 9.62 Å². The average Bonchev–Trinajstić information content (AvgIpc) is 2.76. The van der Waals surface area contributed by atoms with Crippen molar-refractivity contribution in [2.24, 2.45) is 0 Å². The van der Waals surface area contributed by atoms with Crippen molar-refractivity contribution in [3.8, 4) is 17.2 Å². The van der Waals surface area contributed by atoms with Gasteiger partial charge in [-0.05, 0) is 49.2 Å². The van der Waals surface area contributed by atoms with E-state index in [0.717, 1.165) is 31.1 Å². The lowest BCUT2D eigenvalue weighted by molar-refractivity contribution is 0.0381. The van der Waals surface area contributed by atoms with Crippen LogP contribution >= 0.6 is 0 Å². The number of morpholine rings is 1. The van der Waals surface area contributed by atoms with Crippen molar-refractivity contribution >= 4 is 15.7 Å². The van der Waals surface area contributed by atoms with Gasteiger partial charge in [-0.3, -0.25) is 9.62 Å². The first-order chi connectivity index (χ1) is 14.9. The highest BCUT2D eigenvalue weighted by molar-refractivity contribution is 7.92. The summed E-state index contributed by atoms with van der Waals surface area (Å²) in [6.07, 6.45) is 1.33. The normalized spacial score (nSPS) is 14.9. The lowest BCUT2D eigenvalue weighted by Gasteiger charge is -2.26. The molecule has 1 aliphatic rings. The molecule has 3 rings (SSSR count). The molecular formula is C22H29FN2O5S. The molecule has 2 aromatic carbocycles. The van der Waals surface area contributed by atoms with Crippen LogP contribution in [0.3, 0.4) is 0 Å². The van der Waals surface area contributed by atoms with E-state index in [4.69, 9.17) is 14.2 Å². The maximum absolute atomic E-state index is 14.6. The Balaban J connectivity index is 1.59. The molecule has 7 nitrogen and oxygen atoms in total. The first kappa shape index (κ1) is 23.3. The van der Waals surface area contributed by atoms with Gasteiger partial charge >= 0.3 is 0 Å². The monoisotopic (exact) mass is 452 g/mol. The van der Waals surface area contributed by atoms with Crippen molar-refractivity contribution in [1.82, 2.24) is 4.90 Å². The summed E-state index contributed by atoms with van der Waals surface area (Å²) in [4.78, 5) is 2.17. The molecule has 9 heteroatoms. The minimum atomic E-state index is -3.58. The van der Waals surface area contributed by atoms with Crippen LogP contribution in [0.2, 0.25) is 0 Å². The molecule has 1 saturated heterocycles. The lowest BCUT2D eigenvalue weighted by Crippen LogP contribution is -2.37. The molecule has 0 aromatic heterocycles. The second-order valence-electron chi connectivity index (χ2n) is 7.31. The number of hydrogen-bond acceptors (Lipinski definition) is 6. The maximum atomic E-state index is 14.6. The highest BCUT2D eigenvalue weighted by Gasteiger charge is 2.16. The molecule has 0 atom stereocenters. The summed E-state index contributed by atoms with van der Waals surface area (Å²) in [6, 6.07) is 9.44. The molecule has 2 aromatic rings. The van der Waals surface area contributed by atoms with Crippen molar-refractivity contribution < 1.29 is 27.0 Å². The SMILES string of the molecule is CCc1ccc(Oc2ccc(NS(=O)(=O)CCCN3CCOCC3)cc2F)c(OC)c1. The summed E-state index contributed by atoms with van der Waals surface area (Å²) in [7, 11) is -2.05. The largest absolute Gasteiger partial charge is 0.493 e. The van der Waals surface area contributed by atoms with Gasteiger partial charge in [0.05, 0.1) is 31.8 Å². The lowest BCUT2D eigenvalue weighted by atomic mass is 10.1. The number of nitrogens with zero attached hydrogens (tertiary/aromatic N) is 1. The molecule has 1 N–H and O–H groups in total. The van der Waals surface area contributed by atoms with Crippen LogP contribution < -0.4 is 14.2 Å². The van der Waals surface area contributed by atoms with Crippen molar-refractivity contribution in [2.75, 3.05) is 50.4 Å². The standard InChI is InChI=1S/C22H29FN2O5S/c1-3-17-5-7-21(22(15-17)28-2)30-20-8-6-18(16-19(20)23)24-31(26,27)14-4-9-25-10-12-29-13-11-25/h5-8,15-16,24H,3-4,9-14H2,1-2H3. The summed E-state index contributed by atoms with van der Waals surface area (Å²) in [6.45, 7) is 5.68. The Hall–Kier alpha value is -2.36. The fraction of sp³-hybridized carbons (Fsp3) is 0.455. The Morgan fingerprint density at radius 3 is 2.52 bits per heavy atom. The van der Waals surface area contributed by atoms with E-state index in [1.165, 1.54) is 19.2 Å². The number of hydrogen-bond donors (Lipinski definition) is 1. The van der Waals surface area contributed by atoms with Crippen LogP contribution in [0.1, 0.15) is 18.9 Å². The second-order valence-corrected chi connectivity index (χ2v) is 9.16. The van der Waals surface area contributed by atoms with E-state index in [9.17, 15) is 12.8 Å². The van der Waals surface area contributed by atoms with Gasteiger partial charge in [0.25, 0.3) is 0 Å². The van der Waals surface area contributed by atoms with E-state index in [-0.39, 0.29) is 17.2 Å². The summed E-state index contributed by atoms with van der Waals surface area (Å²) in [5, 5.41) is 0. The van der Waals surface area contributed by atoms with Crippen molar-refractivity contribution in [3.63, 3.8) is 0 Å². The fourth-order valence-electron chi connectivity index (χ4n) is 3.32. The molecule has 1 aliphatic heterocycles. The quantitative estimate of drug-likeness (QED) is 0.593. The highest BCUT2D eigenvalue weighted by atomic mass is 32.2. The zero-order valence-corrected chi connectivity index (χ0v) is 18.7. The highest BCUT2D eigenvalue weighted by Crippen LogP contribution is 2.34. The molecule has 0 amide bonds. The van der Waals surface area contributed by atoms with Gasteiger partial charge in [0.2, 0.25) is 10.0 Å². The van der Waals surface area contributed by atoms with Crippen LogP contribution in [-0.4, -0.2) is 59.0 Å². The number of rotatable bonds is 10. The van der Waals surface area contributed by atoms with E-state index >= 15 is 0 Å². The van der Waals surface area contributed by atoms with E-state index in [1.54, 1.807) is 6.07 Å². The minimum Gasteiger partial charge on any atom is -0.493 e. The van der Waals surface area contributed by atoms with Gasteiger partial charge in [0.1, 0.15) is 0 Å². The number of aryl methyl sites for hydroxylation is 1. The molecule has 0 spiro atoms. The smallest absolute Gasteiger partial charge is 0.232 e. The van der Waals surface area contributed by atoms with Gasteiger partial charge in [-0.2, -0.15) is 0 Å². The molecule has 1 heterocycles. The summed E-state index contributed by atoms with van der Waals surface area (Å²) in [5.74, 6) is 0.164. The third-order valence-electron chi connectivity index (χ3n) is 5.05. The predicted molar refractivity (Wildman–Crippen MR) is 118 cm³/mol. The maximum Gasteiger partial charge on any atom is 0.232 e. The molecule has 31 heavy (non-hydrogen) atoms. The fourth-order valence-corrected chi connectivity index (χ4v) is 4.41. The molecule has 1 fully saturated rings. The zero-order chi connectivity index (χ0) is 22.3. The van der Waals surface area contributed by atoms with E-state index in [1.807, 2.05) is 19.1 Å². The third-order valence-corrected chi connectivity index (χ3v) is 6.43. The summed E-state index contributed by atoms with van der Waals surface area (Å²) < 4.78 is 58.0. The number of methoxy groups -OCH3 is 1. The van der Waals surface area contributed by atoms with E-state index in [0.29, 0.717) is 37.7 Å². The number of nitrogens with one attached hydrogen (secondary N) is 1. The number of anilines is 1. The Bertz CT molecular complexity index is 978. The van der Waals surface area contributed by atoms with Gasteiger partial charge in [0, 0.05) is 19.2 Å². The predicted octanol–water partition coefficient (Wildman–Crippen LogP) is 3.65. The minimum absolute atomic E-state index is 0.0159. The molecule has 0 bridgehead atoms. The van der Waals surface area contributed by atoms with Gasteiger partial charge in [-0.15, -0.1) is 0 Å². The second kappa shape index (κ2) is 10.8. The van der Waals surface area contributed by atoms with E-state index < -0.39 is 15.8 Å². The van der Waals surface area contributed by atoms with Crippen LogP contribution in [0, 0.1) is 5.82 Å². The first-order valence-electron chi connectivity index (χ1n) is 10.3. The van der Waals surface area contributed by atoms with Crippen LogP contribution in [0.5, 0.6) is 17.2 Å². The Labute approximate surface area is 183 Å². The number of benzene rings is 2. The van der Waals surface area contributed by atoms with Crippen LogP contribution in [0.25, 0.3) is 0 Å². The van der Waals surface area contributed by atoms with Crippen molar-refractivity contribution in [3.05, 3.63) is 47.8 Å². The van der Waals surface area contributed by atoms with Crippen molar-refractivity contribution in [2.45, 2.75) is 19.8 Å². The molecule has 170 valence electrons. The number of halogens is 1. The average molecular weight is 453 g/mol. The molecule has 0 aliphatic carbocycles. The van der Waals surface area contributed by atoms with Gasteiger partial charge < -0.3 is 14.2 Å². The molecule has 0 saturated carbocycles. The summed E-state index contributed by atoms with van der Waals surface area (Å²) in [5.41, 5.74) is 1.23. The zero-order valence-electron chi connectivity index (χ0n) is 17.9. The Morgan fingerprint density at radius 2 is 1.84 bits per heavy atom. The Morgan fingerprint density at radius 1 is 1.10 bits per heavy atom.